The van der Waals surface area contributed by atoms with E-state index in [2.05, 4.69) is 0 Å². The Hall–Kier alpha value is -0.610. The van der Waals surface area contributed by atoms with E-state index in [-0.39, 0.29) is 24.7 Å². The fourth-order valence-electron chi connectivity index (χ4n) is 1.98. The molecule has 1 rings (SSSR count). The fraction of sp³-hybridized carbons (Fsp3) is 0.900. The lowest BCUT2D eigenvalue weighted by Gasteiger charge is -2.37. The Morgan fingerprint density at radius 1 is 1.64 bits per heavy atom. The standard InChI is InChI=1S/C10H19NO3/c1-3-14-9-4-5-11(8(2)6-9)10(13)7-12/h8-9,12H,3-7H2,1-2H3/t8-,9-/m0/s1. The molecule has 1 aliphatic rings. The van der Waals surface area contributed by atoms with Gasteiger partial charge in [-0.3, -0.25) is 4.79 Å². The first-order chi connectivity index (χ1) is 6.69. The maximum atomic E-state index is 11.3. The zero-order chi connectivity index (χ0) is 10.6. The molecule has 1 heterocycles. The number of rotatable bonds is 3. The van der Waals surface area contributed by atoms with E-state index in [1.165, 1.54) is 0 Å². The number of carbonyl (C=O) groups is 1. The number of aliphatic hydroxyl groups is 1. The van der Waals surface area contributed by atoms with Crippen LogP contribution in [0.1, 0.15) is 26.7 Å². The Morgan fingerprint density at radius 3 is 2.86 bits per heavy atom. The Morgan fingerprint density at radius 2 is 2.36 bits per heavy atom. The first kappa shape index (κ1) is 11.5. The van der Waals surface area contributed by atoms with Crippen LogP contribution in [0.4, 0.5) is 0 Å². The average molecular weight is 201 g/mol. The van der Waals surface area contributed by atoms with E-state index < -0.39 is 0 Å². The number of aliphatic hydroxyl groups excluding tert-OH is 1. The molecule has 0 radical (unpaired) electrons. The minimum Gasteiger partial charge on any atom is -0.387 e. The number of amides is 1. The number of hydrogen-bond donors (Lipinski definition) is 1. The predicted octanol–water partition coefficient (Wildman–Crippen LogP) is 0.395. The van der Waals surface area contributed by atoms with Crippen LogP contribution in [0.15, 0.2) is 0 Å². The summed E-state index contributed by atoms with van der Waals surface area (Å²) in [5.74, 6) is -0.174. The van der Waals surface area contributed by atoms with Gasteiger partial charge in [-0.05, 0) is 26.7 Å². The van der Waals surface area contributed by atoms with Crippen molar-refractivity contribution in [1.29, 1.82) is 0 Å². The summed E-state index contributed by atoms with van der Waals surface area (Å²) in [7, 11) is 0. The van der Waals surface area contributed by atoms with Crippen LogP contribution in [0.25, 0.3) is 0 Å². The molecular weight excluding hydrogens is 182 g/mol. The molecule has 14 heavy (non-hydrogen) atoms. The van der Waals surface area contributed by atoms with Crippen molar-refractivity contribution in [2.75, 3.05) is 19.8 Å². The van der Waals surface area contributed by atoms with Crippen molar-refractivity contribution >= 4 is 5.91 Å². The first-order valence-electron chi connectivity index (χ1n) is 5.21. The lowest BCUT2D eigenvalue weighted by molar-refractivity contribution is -0.139. The number of likely N-dealkylation sites (tertiary alicyclic amines) is 1. The number of nitrogens with zero attached hydrogens (tertiary/aromatic N) is 1. The van der Waals surface area contributed by atoms with Gasteiger partial charge in [0.15, 0.2) is 0 Å². The van der Waals surface area contributed by atoms with E-state index in [0.29, 0.717) is 6.54 Å². The summed E-state index contributed by atoms with van der Waals surface area (Å²) in [6.45, 7) is 5.02. The number of ether oxygens (including phenoxy) is 1. The summed E-state index contributed by atoms with van der Waals surface area (Å²) in [5.41, 5.74) is 0. The van der Waals surface area contributed by atoms with E-state index in [9.17, 15) is 4.79 Å². The summed E-state index contributed by atoms with van der Waals surface area (Å²) >= 11 is 0. The van der Waals surface area contributed by atoms with E-state index in [1.54, 1.807) is 4.90 Å². The topological polar surface area (TPSA) is 49.8 Å². The highest BCUT2D eigenvalue weighted by Crippen LogP contribution is 2.19. The third kappa shape index (κ3) is 2.69. The zero-order valence-electron chi connectivity index (χ0n) is 8.90. The highest BCUT2D eigenvalue weighted by atomic mass is 16.5. The zero-order valence-corrected chi connectivity index (χ0v) is 8.90. The van der Waals surface area contributed by atoms with Crippen molar-refractivity contribution in [2.24, 2.45) is 0 Å². The predicted molar refractivity (Wildman–Crippen MR) is 52.9 cm³/mol. The molecule has 0 aliphatic carbocycles. The summed E-state index contributed by atoms with van der Waals surface area (Å²) in [4.78, 5) is 13.0. The highest BCUT2D eigenvalue weighted by molar-refractivity contribution is 5.77. The van der Waals surface area contributed by atoms with E-state index in [0.717, 1.165) is 19.4 Å². The van der Waals surface area contributed by atoms with Gasteiger partial charge in [0.2, 0.25) is 5.91 Å². The Kier molecular flexibility index (Phi) is 4.35. The van der Waals surface area contributed by atoms with Gasteiger partial charge in [-0.2, -0.15) is 0 Å². The molecule has 1 aliphatic heterocycles. The summed E-state index contributed by atoms with van der Waals surface area (Å²) in [6, 6.07) is 0.181. The average Bonchev–Trinajstić information content (AvgIpc) is 2.17. The van der Waals surface area contributed by atoms with Crippen molar-refractivity contribution in [3.05, 3.63) is 0 Å². The normalized spacial score (nSPS) is 27.8. The highest BCUT2D eigenvalue weighted by Gasteiger charge is 2.28. The molecular formula is C10H19NO3. The second kappa shape index (κ2) is 5.32. The molecule has 0 aromatic carbocycles. The van der Waals surface area contributed by atoms with Crippen LogP contribution >= 0.6 is 0 Å². The third-order valence-corrected chi connectivity index (χ3v) is 2.69. The SMILES string of the molecule is CCO[C@H]1CCN(C(=O)CO)[C@@H](C)C1. The van der Waals surface area contributed by atoms with Crippen LogP contribution in [-0.4, -0.2) is 47.8 Å². The minimum atomic E-state index is -0.385. The third-order valence-electron chi connectivity index (χ3n) is 2.69. The smallest absolute Gasteiger partial charge is 0.248 e. The lowest BCUT2D eigenvalue weighted by Crippen LogP contribution is -2.47. The van der Waals surface area contributed by atoms with Crippen molar-refractivity contribution in [2.45, 2.75) is 38.8 Å². The lowest BCUT2D eigenvalue weighted by atomic mass is 10.0. The van der Waals surface area contributed by atoms with Crippen LogP contribution in [0.2, 0.25) is 0 Å². The monoisotopic (exact) mass is 201 g/mol. The van der Waals surface area contributed by atoms with Gasteiger partial charge < -0.3 is 14.7 Å². The molecule has 1 amide bonds. The molecule has 1 saturated heterocycles. The second-order valence-corrected chi connectivity index (χ2v) is 3.70. The van der Waals surface area contributed by atoms with Gasteiger partial charge in [-0.25, -0.2) is 0 Å². The van der Waals surface area contributed by atoms with Crippen molar-refractivity contribution in [3.63, 3.8) is 0 Å². The van der Waals surface area contributed by atoms with Crippen LogP contribution in [0.5, 0.6) is 0 Å². The fourth-order valence-corrected chi connectivity index (χ4v) is 1.98. The molecule has 4 heteroatoms. The van der Waals surface area contributed by atoms with Crippen LogP contribution in [0, 0.1) is 0 Å². The van der Waals surface area contributed by atoms with Gasteiger partial charge in [0.05, 0.1) is 6.10 Å². The van der Waals surface area contributed by atoms with Gasteiger partial charge in [-0.15, -0.1) is 0 Å². The largest absolute Gasteiger partial charge is 0.387 e. The quantitative estimate of drug-likeness (QED) is 0.719. The van der Waals surface area contributed by atoms with Crippen molar-refractivity contribution in [3.8, 4) is 0 Å². The van der Waals surface area contributed by atoms with E-state index in [1.807, 2.05) is 13.8 Å². The van der Waals surface area contributed by atoms with Gasteiger partial charge in [0.25, 0.3) is 0 Å². The van der Waals surface area contributed by atoms with Crippen LogP contribution in [-0.2, 0) is 9.53 Å². The number of hydrogen-bond acceptors (Lipinski definition) is 3. The molecule has 82 valence electrons. The summed E-state index contributed by atoms with van der Waals surface area (Å²) in [6.07, 6.45) is 2.03. The van der Waals surface area contributed by atoms with Gasteiger partial charge in [0.1, 0.15) is 6.61 Å². The molecule has 0 unspecified atom stereocenters. The molecule has 2 atom stereocenters. The summed E-state index contributed by atoms with van der Waals surface area (Å²) in [5, 5.41) is 8.75. The van der Waals surface area contributed by atoms with Crippen molar-refractivity contribution in [1.82, 2.24) is 4.90 Å². The molecule has 0 aromatic rings. The van der Waals surface area contributed by atoms with Crippen LogP contribution in [0.3, 0.4) is 0 Å². The van der Waals surface area contributed by atoms with Gasteiger partial charge in [-0.1, -0.05) is 0 Å². The number of piperidine rings is 1. The van der Waals surface area contributed by atoms with E-state index in [4.69, 9.17) is 9.84 Å². The summed E-state index contributed by atoms with van der Waals surface area (Å²) < 4.78 is 5.51. The molecule has 0 saturated carbocycles. The Labute approximate surface area is 84.8 Å². The second-order valence-electron chi connectivity index (χ2n) is 3.70. The maximum Gasteiger partial charge on any atom is 0.248 e. The van der Waals surface area contributed by atoms with Crippen LogP contribution < -0.4 is 0 Å². The van der Waals surface area contributed by atoms with Gasteiger partial charge >= 0.3 is 0 Å². The molecule has 4 nitrogen and oxygen atoms in total. The minimum absolute atomic E-state index is 0.174. The number of carbonyl (C=O) groups excluding carboxylic acids is 1. The first-order valence-corrected chi connectivity index (χ1v) is 5.21. The molecule has 1 fully saturated rings. The Balaban J connectivity index is 2.43. The van der Waals surface area contributed by atoms with Gasteiger partial charge in [0, 0.05) is 19.2 Å². The molecule has 1 N–H and O–H groups in total. The molecule has 0 spiro atoms. The molecule has 0 aromatic heterocycles. The Bertz CT molecular complexity index is 196. The maximum absolute atomic E-state index is 11.3. The van der Waals surface area contributed by atoms with E-state index >= 15 is 0 Å². The van der Waals surface area contributed by atoms with Crippen molar-refractivity contribution < 1.29 is 14.6 Å². The molecule has 0 bridgehead atoms.